The number of benzene rings is 2. The summed E-state index contributed by atoms with van der Waals surface area (Å²) in [5.41, 5.74) is 1.25. The highest BCUT2D eigenvalue weighted by atomic mass is 32.2. The number of hydrogen-bond acceptors (Lipinski definition) is 4. The van der Waals surface area contributed by atoms with Crippen LogP contribution in [0.2, 0.25) is 0 Å². The summed E-state index contributed by atoms with van der Waals surface area (Å²) in [7, 11) is -3.35. The van der Waals surface area contributed by atoms with Crippen LogP contribution < -0.4 is 10.6 Å². The Morgan fingerprint density at radius 2 is 1.55 bits per heavy atom. The van der Waals surface area contributed by atoms with E-state index in [0.29, 0.717) is 11.1 Å². The third-order valence-corrected chi connectivity index (χ3v) is 6.07. The molecule has 178 valence electrons. The normalized spacial score (nSPS) is 13.9. The largest absolute Gasteiger partial charge is 0.407 e. The Morgan fingerprint density at radius 3 is 1.97 bits per heavy atom. The summed E-state index contributed by atoms with van der Waals surface area (Å²) < 4.78 is 65.0. The van der Waals surface area contributed by atoms with Crippen LogP contribution in [0.25, 0.3) is 11.1 Å². The third kappa shape index (κ3) is 7.62. The Kier molecular flexibility index (Phi) is 8.69. The molecule has 33 heavy (non-hydrogen) atoms. The molecule has 0 aromatic heterocycles. The average Bonchev–Trinajstić information content (AvgIpc) is 2.73. The number of amides is 1. The minimum atomic E-state index is -4.64. The number of hydrogen-bond donors (Lipinski definition) is 2. The molecule has 0 aliphatic carbocycles. The molecule has 0 spiro atoms. The minimum absolute atomic E-state index is 0.0229. The fourth-order valence-electron chi connectivity index (χ4n) is 3.33. The molecule has 9 heteroatoms. The van der Waals surface area contributed by atoms with Crippen molar-refractivity contribution in [2.24, 2.45) is 5.92 Å². The average molecular weight is 481 g/mol. The maximum atomic E-state index is 13.9. The summed E-state index contributed by atoms with van der Waals surface area (Å²) in [5, 5.41) is 4.91. The van der Waals surface area contributed by atoms with Crippen molar-refractivity contribution in [1.29, 1.82) is 0 Å². The second-order valence-electron chi connectivity index (χ2n) is 8.16. The van der Waals surface area contributed by atoms with Crippen molar-refractivity contribution in [2.45, 2.75) is 43.4 Å². The van der Waals surface area contributed by atoms with Gasteiger partial charge < -0.3 is 5.32 Å². The van der Waals surface area contributed by atoms with Crippen molar-refractivity contribution in [3.63, 3.8) is 0 Å². The predicted molar refractivity (Wildman–Crippen MR) is 122 cm³/mol. The van der Waals surface area contributed by atoms with Gasteiger partial charge in [0.2, 0.25) is 5.91 Å². The summed E-state index contributed by atoms with van der Waals surface area (Å²) in [6, 6.07) is 8.70. The molecule has 0 saturated carbocycles. The lowest BCUT2D eigenvalue weighted by molar-refractivity contribution is -0.161. The number of sulfone groups is 1. The van der Waals surface area contributed by atoms with Crippen LogP contribution in [0.1, 0.15) is 31.9 Å². The fraction of sp³-hybridized carbons (Fsp3) is 0.375. The molecule has 0 heterocycles. The molecule has 2 unspecified atom stereocenters. The number of terminal acetylenes is 1. The zero-order valence-corrected chi connectivity index (χ0v) is 19.4. The van der Waals surface area contributed by atoms with Crippen LogP contribution >= 0.6 is 0 Å². The molecule has 2 N–H and O–H groups in total. The lowest BCUT2D eigenvalue weighted by atomic mass is 9.97. The molecule has 0 aliphatic rings. The highest BCUT2D eigenvalue weighted by Crippen LogP contribution is 2.34. The van der Waals surface area contributed by atoms with Gasteiger partial charge in [-0.05, 0) is 41.2 Å². The van der Waals surface area contributed by atoms with Crippen LogP contribution in [-0.2, 0) is 14.6 Å². The number of halogens is 3. The van der Waals surface area contributed by atoms with Gasteiger partial charge >= 0.3 is 6.18 Å². The first-order chi connectivity index (χ1) is 15.3. The summed E-state index contributed by atoms with van der Waals surface area (Å²) in [6.07, 6.45) is 1.80. The molecule has 0 radical (unpaired) electrons. The van der Waals surface area contributed by atoms with Crippen LogP contribution in [0, 0.1) is 18.3 Å². The fourth-order valence-corrected chi connectivity index (χ4v) is 3.96. The van der Waals surface area contributed by atoms with Gasteiger partial charge in [0.05, 0.1) is 17.5 Å². The van der Waals surface area contributed by atoms with Crippen LogP contribution in [0.4, 0.5) is 13.2 Å². The van der Waals surface area contributed by atoms with Gasteiger partial charge in [0.1, 0.15) is 6.04 Å². The molecular weight excluding hydrogens is 453 g/mol. The summed E-state index contributed by atoms with van der Waals surface area (Å²) in [6.45, 7) is 3.56. The molecule has 0 fully saturated rings. The van der Waals surface area contributed by atoms with Crippen molar-refractivity contribution in [3.05, 3.63) is 54.1 Å². The van der Waals surface area contributed by atoms with E-state index in [1.165, 1.54) is 36.4 Å². The van der Waals surface area contributed by atoms with Gasteiger partial charge in [-0.15, -0.1) is 6.42 Å². The van der Waals surface area contributed by atoms with Gasteiger partial charge in [-0.1, -0.05) is 56.2 Å². The SMILES string of the molecule is C#CCNC(=O)C(CC(C)C)NC(c1ccc(-c2ccc(S(C)(=O)=O)cc2)cc1)C(F)(F)F. The maximum absolute atomic E-state index is 13.9. The Hall–Kier alpha value is -2.83. The topological polar surface area (TPSA) is 75.3 Å². The van der Waals surface area contributed by atoms with Gasteiger partial charge in [-0.25, -0.2) is 8.42 Å². The van der Waals surface area contributed by atoms with Crippen LogP contribution in [0.15, 0.2) is 53.4 Å². The van der Waals surface area contributed by atoms with E-state index in [1.807, 2.05) is 13.8 Å². The van der Waals surface area contributed by atoms with Gasteiger partial charge in [-0.3, -0.25) is 10.1 Å². The lowest BCUT2D eigenvalue weighted by Gasteiger charge is -2.28. The standard InChI is InChI=1S/C24H27F3N2O3S/c1-5-14-28-23(30)21(15-16(2)3)29-22(24(25,26)27)19-8-6-17(7-9-19)18-10-12-20(13-11-18)33(4,31)32/h1,6-13,16,21-22,29H,14-15H2,2-4H3,(H,28,30). The van der Waals surface area contributed by atoms with E-state index in [1.54, 1.807) is 12.1 Å². The molecule has 1 amide bonds. The quantitative estimate of drug-likeness (QED) is 0.530. The summed E-state index contributed by atoms with van der Waals surface area (Å²) in [4.78, 5) is 12.5. The summed E-state index contributed by atoms with van der Waals surface area (Å²) in [5.74, 6) is 1.63. The van der Waals surface area contributed by atoms with Crippen LogP contribution in [-0.4, -0.2) is 39.3 Å². The van der Waals surface area contributed by atoms with Crippen molar-refractivity contribution in [2.75, 3.05) is 12.8 Å². The van der Waals surface area contributed by atoms with E-state index in [9.17, 15) is 26.4 Å². The first kappa shape index (κ1) is 26.4. The molecule has 0 saturated heterocycles. The van der Waals surface area contributed by atoms with E-state index in [4.69, 9.17) is 6.42 Å². The van der Waals surface area contributed by atoms with Crippen molar-refractivity contribution < 1.29 is 26.4 Å². The van der Waals surface area contributed by atoms with Crippen molar-refractivity contribution >= 4 is 15.7 Å². The lowest BCUT2D eigenvalue weighted by Crippen LogP contribution is -2.49. The van der Waals surface area contributed by atoms with E-state index in [-0.39, 0.29) is 29.3 Å². The van der Waals surface area contributed by atoms with Gasteiger partial charge in [0.15, 0.2) is 9.84 Å². The number of alkyl halides is 3. The van der Waals surface area contributed by atoms with Gasteiger partial charge in [0.25, 0.3) is 0 Å². The zero-order valence-electron chi connectivity index (χ0n) is 18.6. The van der Waals surface area contributed by atoms with Crippen molar-refractivity contribution in [1.82, 2.24) is 10.6 Å². The van der Waals surface area contributed by atoms with Crippen LogP contribution in [0.5, 0.6) is 0 Å². The molecule has 2 atom stereocenters. The number of carbonyl (C=O) groups excluding carboxylic acids is 1. The molecule has 5 nitrogen and oxygen atoms in total. The van der Waals surface area contributed by atoms with Gasteiger partial charge in [0, 0.05) is 6.26 Å². The monoisotopic (exact) mass is 480 g/mol. The Bertz CT molecular complexity index is 1090. The molecule has 0 aliphatic heterocycles. The van der Waals surface area contributed by atoms with E-state index in [2.05, 4.69) is 16.6 Å². The summed E-state index contributed by atoms with van der Waals surface area (Å²) >= 11 is 0. The number of carbonyl (C=O) groups is 1. The molecule has 2 aromatic rings. The minimum Gasteiger partial charge on any atom is -0.344 e. The zero-order chi connectivity index (χ0) is 24.8. The maximum Gasteiger partial charge on any atom is 0.407 e. The first-order valence-corrected chi connectivity index (χ1v) is 12.2. The highest BCUT2D eigenvalue weighted by molar-refractivity contribution is 7.90. The Balaban J connectivity index is 2.31. The molecule has 2 aromatic carbocycles. The van der Waals surface area contributed by atoms with Crippen molar-refractivity contribution in [3.8, 4) is 23.5 Å². The predicted octanol–water partition coefficient (Wildman–Crippen LogP) is 4.11. The van der Waals surface area contributed by atoms with E-state index in [0.717, 1.165) is 6.26 Å². The second-order valence-corrected chi connectivity index (χ2v) is 10.2. The second kappa shape index (κ2) is 10.9. The first-order valence-electron chi connectivity index (χ1n) is 10.3. The van der Waals surface area contributed by atoms with E-state index >= 15 is 0 Å². The van der Waals surface area contributed by atoms with Gasteiger partial charge in [-0.2, -0.15) is 13.2 Å². The number of rotatable bonds is 9. The third-order valence-electron chi connectivity index (χ3n) is 4.94. The molecule has 0 bridgehead atoms. The van der Waals surface area contributed by atoms with E-state index < -0.39 is 34.0 Å². The molecule has 2 rings (SSSR count). The molecular formula is C24H27F3N2O3S. The smallest absolute Gasteiger partial charge is 0.344 e. The Morgan fingerprint density at radius 1 is 1.03 bits per heavy atom. The van der Waals surface area contributed by atoms with Crippen LogP contribution in [0.3, 0.4) is 0 Å². The number of nitrogens with one attached hydrogen (secondary N) is 2. The Labute approximate surface area is 192 Å². The highest BCUT2D eigenvalue weighted by Gasteiger charge is 2.42.